The van der Waals surface area contributed by atoms with Gasteiger partial charge in [-0.05, 0) is 74.5 Å². The van der Waals surface area contributed by atoms with Crippen LogP contribution in [0.3, 0.4) is 0 Å². The Labute approximate surface area is 245 Å². The Morgan fingerprint density at radius 3 is 2.44 bits per heavy atom. The first-order valence-electron chi connectivity index (χ1n) is 15.1. The van der Waals surface area contributed by atoms with Crippen molar-refractivity contribution in [2.75, 3.05) is 31.6 Å². The molecular formula is C32H47N3O5Si. The van der Waals surface area contributed by atoms with E-state index in [9.17, 15) is 19.5 Å². The number of ether oxygens (including phenoxy) is 1. The molecule has 0 aromatic heterocycles. The third kappa shape index (κ3) is 8.72. The molecule has 0 radical (unpaired) electrons. The van der Waals surface area contributed by atoms with E-state index in [1.54, 1.807) is 4.90 Å². The van der Waals surface area contributed by atoms with Crippen LogP contribution in [0, 0.1) is 11.8 Å². The highest BCUT2D eigenvalue weighted by Gasteiger charge is 2.50. The first-order valence-corrected chi connectivity index (χ1v) is 18.1. The molecule has 224 valence electrons. The minimum atomic E-state index is -2.62. The van der Waals surface area contributed by atoms with Crippen LogP contribution in [0.15, 0.2) is 54.6 Å². The number of benzene rings is 2. The molecule has 0 spiro atoms. The SMILES string of the molecule is C[C@@H]1[C@@H]([Si](C)(C)O)[C@H](CC(=O)N(CCO)Cc2ccccc2)O[C@@H]1CCc1ccc(NC(=O)C2CCCNC2)cc1. The summed E-state index contributed by atoms with van der Waals surface area (Å²) >= 11 is 0. The number of nitrogens with one attached hydrogen (secondary N) is 2. The third-order valence-electron chi connectivity index (χ3n) is 8.64. The maximum absolute atomic E-state index is 13.4. The van der Waals surface area contributed by atoms with Crippen molar-refractivity contribution in [2.45, 2.75) is 76.4 Å². The van der Waals surface area contributed by atoms with Gasteiger partial charge in [-0.3, -0.25) is 9.59 Å². The fraction of sp³-hybridized carbons (Fsp3) is 0.562. The Bertz CT molecular complexity index is 1120. The molecule has 4 N–H and O–H groups in total. The van der Waals surface area contributed by atoms with Gasteiger partial charge in [0.2, 0.25) is 11.8 Å². The lowest BCUT2D eigenvalue weighted by molar-refractivity contribution is -0.135. The average Bonchev–Trinajstić information content (AvgIpc) is 3.28. The molecule has 2 fully saturated rings. The van der Waals surface area contributed by atoms with E-state index in [-0.39, 0.29) is 61.0 Å². The molecule has 2 aliphatic heterocycles. The number of carbonyl (C=O) groups is 2. The van der Waals surface area contributed by atoms with Gasteiger partial charge in [0.25, 0.3) is 0 Å². The zero-order chi connectivity index (χ0) is 29.4. The number of nitrogens with zero attached hydrogens (tertiary/aromatic N) is 1. The van der Waals surface area contributed by atoms with E-state index in [0.29, 0.717) is 6.54 Å². The fourth-order valence-corrected chi connectivity index (χ4v) is 9.12. The smallest absolute Gasteiger partial charge is 0.228 e. The molecule has 8 nitrogen and oxygen atoms in total. The quantitative estimate of drug-likeness (QED) is 0.283. The van der Waals surface area contributed by atoms with Gasteiger partial charge in [0, 0.05) is 30.9 Å². The molecule has 5 atom stereocenters. The highest BCUT2D eigenvalue weighted by Crippen LogP contribution is 2.45. The maximum Gasteiger partial charge on any atom is 0.228 e. The molecule has 1 unspecified atom stereocenters. The van der Waals surface area contributed by atoms with E-state index in [0.717, 1.165) is 55.6 Å². The van der Waals surface area contributed by atoms with Gasteiger partial charge in [0.05, 0.1) is 31.2 Å². The Morgan fingerprint density at radius 1 is 1.07 bits per heavy atom. The lowest BCUT2D eigenvalue weighted by Crippen LogP contribution is -2.42. The summed E-state index contributed by atoms with van der Waals surface area (Å²) in [5.74, 6) is 0.153. The minimum absolute atomic E-state index is 0.0191. The molecule has 2 saturated heterocycles. The number of amides is 2. The highest BCUT2D eigenvalue weighted by atomic mass is 28.4. The molecule has 9 heteroatoms. The van der Waals surface area contributed by atoms with Crippen LogP contribution in [-0.2, 0) is 27.3 Å². The molecular weight excluding hydrogens is 534 g/mol. The monoisotopic (exact) mass is 581 g/mol. The van der Waals surface area contributed by atoms with Gasteiger partial charge in [-0.1, -0.05) is 49.4 Å². The van der Waals surface area contributed by atoms with E-state index in [1.807, 2.05) is 67.7 Å². The van der Waals surface area contributed by atoms with Gasteiger partial charge in [-0.2, -0.15) is 0 Å². The zero-order valence-electron chi connectivity index (χ0n) is 24.7. The molecule has 2 aliphatic rings. The molecule has 2 heterocycles. The van der Waals surface area contributed by atoms with Crippen molar-refractivity contribution >= 4 is 25.8 Å². The normalized spacial score (nSPS) is 24.7. The van der Waals surface area contributed by atoms with Crippen molar-refractivity contribution in [3.8, 4) is 0 Å². The van der Waals surface area contributed by atoms with Crippen LogP contribution in [0.5, 0.6) is 0 Å². The first kappa shape index (κ1) is 31.4. The summed E-state index contributed by atoms with van der Waals surface area (Å²) in [6.45, 7) is 8.31. The minimum Gasteiger partial charge on any atom is -0.432 e. The number of aliphatic hydroxyl groups is 1. The number of piperidine rings is 1. The molecule has 2 amide bonds. The molecule has 2 aromatic carbocycles. The van der Waals surface area contributed by atoms with Gasteiger partial charge in [0.1, 0.15) is 0 Å². The fourth-order valence-electron chi connectivity index (χ4n) is 6.51. The average molecular weight is 582 g/mol. The summed E-state index contributed by atoms with van der Waals surface area (Å²) in [5.41, 5.74) is 2.92. The van der Waals surface area contributed by atoms with Crippen molar-refractivity contribution in [1.82, 2.24) is 10.2 Å². The largest absolute Gasteiger partial charge is 0.432 e. The van der Waals surface area contributed by atoms with Crippen LogP contribution in [0.25, 0.3) is 0 Å². The Balaban J connectivity index is 1.35. The van der Waals surface area contributed by atoms with Gasteiger partial charge in [0.15, 0.2) is 8.32 Å². The van der Waals surface area contributed by atoms with E-state index in [2.05, 4.69) is 17.6 Å². The highest BCUT2D eigenvalue weighted by molar-refractivity contribution is 6.71. The number of aryl methyl sites for hydroxylation is 1. The summed E-state index contributed by atoms with van der Waals surface area (Å²) in [6, 6.07) is 17.8. The summed E-state index contributed by atoms with van der Waals surface area (Å²) in [4.78, 5) is 38.8. The standard InChI is InChI=1S/C32H47N3O5Si/c1-23-28(16-13-24-11-14-27(15-12-24)34-32(38)26-10-7-17-33-21-26)40-29(31(23)41(2,3)39)20-30(37)35(18-19-36)22-25-8-5-4-6-9-25/h4-6,8-9,11-12,14-15,23,26,28-29,31,33,36,39H,7,10,13,16-22H2,1-3H3,(H,34,38)/t23-,26?,28+,29-,31+/m0/s1. The third-order valence-corrected chi connectivity index (χ3v) is 11.2. The van der Waals surface area contributed by atoms with E-state index in [1.165, 1.54) is 0 Å². The van der Waals surface area contributed by atoms with Crippen molar-refractivity contribution in [3.05, 3.63) is 65.7 Å². The summed E-state index contributed by atoms with van der Waals surface area (Å²) in [7, 11) is -2.62. The number of hydrogen-bond donors (Lipinski definition) is 4. The van der Waals surface area contributed by atoms with Crippen molar-refractivity contribution < 1.29 is 24.2 Å². The molecule has 0 bridgehead atoms. The second kappa shape index (κ2) is 14.6. The van der Waals surface area contributed by atoms with Gasteiger partial charge >= 0.3 is 0 Å². The second-order valence-electron chi connectivity index (χ2n) is 12.2. The van der Waals surface area contributed by atoms with Crippen molar-refractivity contribution in [3.63, 3.8) is 0 Å². The number of rotatable bonds is 12. The zero-order valence-corrected chi connectivity index (χ0v) is 25.7. The van der Waals surface area contributed by atoms with E-state index < -0.39 is 8.32 Å². The topological polar surface area (TPSA) is 111 Å². The number of hydrogen-bond acceptors (Lipinski definition) is 6. The number of carbonyl (C=O) groups excluding carboxylic acids is 2. The summed E-state index contributed by atoms with van der Waals surface area (Å²) < 4.78 is 6.53. The number of anilines is 1. The van der Waals surface area contributed by atoms with E-state index >= 15 is 0 Å². The Morgan fingerprint density at radius 2 is 1.80 bits per heavy atom. The predicted octanol–water partition coefficient (Wildman–Crippen LogP) is 3.94. The molecule has 4 rings (SSSR count). The first-order chi connectivity index (χ1) is 19.7. The van der Waals surface area contributed by atoms with Crippen molar-refractivity contribution in [1.29, 1.82) is 0 Å². The van der Waals surface area contributed by atoms with Crippen LogP contribution in [0.4, 0.5) is 5.69 Å². The maximum atomic E-state index is 13.4. The van der Waals surface area contributed by atoms with Gasteiger partial charge in [-0.15, -0.1) is 0 Å². The second-order valence-corrected chi connectivity index (χ2v) is 16.2. The Kier molecular flexibility index (Phi) is 11.1. The van der Waals surface area contributed by atoms with Gasteiger partial charge in [-0.25, -0.2) is 0 Å². The molecule has 0 saturated carbocycles. The van der Waals surface area contributed by atoms with Crippen LogP contribution < -0.4 is 10.6 Å². The van der Waals surface area contributed by atoms with Crippen LogP contribution in [-0.4, -0.2) is 73.4 Å². The Hall–Kier alpha value is -2.56. The summed E-state index contributed by atoms with van der Waals surface area (Å²) in [6.07, 6.45) is 3.33. The van der Waals surface area contributed by atoms with Gasteiger partial charge < -0.3 is 30.2 Å². The van der Waals surface area contributed by atoms with Crippen LogP contribution in [0.1, 0.15) is 43.7 Å². The lowest BCUT2D eigenvalue weighted by Gasteiger charge is -2.31. The van der Waals surface area contributed by atoms with Crippen LogP contribution >= 0.6 is 0 Å². The molecule has 2 aromatic rings. The molecule has 0 aliphatic carbocycles. The summed E-state index contributed by atoms with van der Waals surface area (Å²) in [5, 5.41) is 15.9. The van der Waals surface area contributed by atoms with Crippen molar-refractivity contribution in [2.24, 2.45) is 11.8 Å². The molecule has 41 heavy (non-hydrogen) atoms. The van der Waals surface area contributed by atoms with Crippen LogP contribution in [0.2, 0.25) is 18.6 Å². The number of aliphatic hydroxyl groups excluding tert-OH is 1. The predicted molar refractivity (Wildman–Crippen MR) is 164 cm³/mol. The van der Waals surface area contributed by atoms with E-state index in [4.69, 9.17) is 4.74 Å². The lowest BCUT2D eigenvalue weighted by atomic mass is 9.95.